The van der Waals surface area contributed by atoms with E-state index in [0.29, 0.717) is 25.4 Å². The quantitative estimate of drug-likeness (QED) is 0.854. The van der Waals surface area contributed by atoms with Crippen molar-refractivity contribution < 1.29 is 19.4 Å². The zero-order valence-corrected chi connectivity index (χ0v) is 10.7. The molecule has 0 radical (unpaired) electrons. The molecule has 1 aliphatic rings. The first kappa shape index (κ1) is 13.0. The molecule has 0 fully saturated rings. The molecule has 1 unspecified atom stereocenters. The van der Waals surface area contributed by atoms with E-state index in [9.17, 15) is 4.79 Å². The van der Waals surface area contributed by atoms with Crippen LogP contribution in [0.3, 0.4) is 0 Å². The molecule has 1 aliphatic heterocycles. The standard InChI is InChI=1S/C13H15ClO4/c14-10(8-13(15)16)6-9-2-3-11-12(7-9)18-5-1-4-17-11/h2-3,7,10H,1,4-6,8H2,(H,15,16). The number of alkyl halides is 1. The van der Waals surface area contributed by atoms with Crippen molar-refractivity contribution in [2.24, 2.45) is 0 Å². The van der Waals surface area contributed by atoms with E-state index >= 15 is 0 Å². The van der Waals surface area contributed by atoms with Crippen molar-refractivity contribution in [3.63, 3.8) is 0 Å². The average Bonchev–Trinajstić information content (AvgIpc) is 2.52. The lowest BCUT2D eigenvalue weighted by Crippen LogP contribution is -2.10. The van der Waals surface area contributed by atoms with Gasteiger partial charge in [0.15, 0.2) is 11.5 Å². The Morgan fingerprint density at radius 3 is 2.78 bits per heavy atom. The second kappa shape index (κ2) is 5.96. The molecule has 1 atom stereocenters. The topological polar surface area (TPSA) is 55.8 Å². The predicted octanol–water partition coefficient (Wildman–Crippen LogP) is 2.47. The maximum Gasteiger partial charge on any atom is 0.304 e. The van der Waals surface area contributed by atoms with Crippen LogP contribution in [0.2, 0.25) is 0 Å². The summed E-state index contributed by atoms with van der Waals surface area (Å²) >= 11 is 5.97. The van der Waals surface area contributed by atoms with Crippen LogP contribution < -0.4 is 9.47 Å². The van der Waals surface area contributed by atoms with Gasteiger partial charge >= 0.3 is 5.97 Å². The van der Waals surface area contributed by atoms with E-state index in [1.807, 2.05) is 18.2 Å². The molecule has 2 rings (SSSR count). The number of halogens is 1. The van der Waals surface area contributed by atoms with Gasteiger partial charge in [0.25, 0.3) is 0 Å². The largest absolute Gasteiger partial charge is 0.490 e. The van der Waals surface area contributed by atoms with Gasteiger partial charge in [-0.1, -0.05) is 6.07 Å². The summed E-state index contributed by atoms with van der Waals surface area (Å²) in [4.78, 5) is 10.5. The van der Waals surface area contributed by atoms with E-state index in [-0.39, 0.29) is 6.42 Å². The molecule has 4 nitrogen and oxygen atoms in total. The fourth-order valence-corrected chi connectivity index (χ4v) is 2.16. The predicted molar refractivity (Wildman–Crippen MR) is 67.6 cm³/mol. The number of hydrogen-bond acceptors (Lipinski definition) is 3. The molecule has 0 saturated heterocycles. The van der Waals surface area contributed by atoms with Crippen LogP contribution in [-0.4, -0.2) is 29.7 Å². The smallest absolute Gasteiger partial charge is 0.304 e. The number of aliphatic carboxylic acids is 1. The summed E-state index contributed by atoms with van der Waals surface area (Å²) in [6.07, 6.45) is 1.32. The van der Waals surface area contributed by atoms with E-state index in [2.05, 4.69) is 0 Å². The summed E-state index contributed by atoms with van der Waals surface area (Å²) < 4.78 is 11.1. The van der Waals surface area contributed by atoms with Crippen molar-refractivity contribution in [2.45, 2.75) is 24.6 Å². The van der Waals surface area contributed by atoms with Gasteiger partial charge < -0.3 is 14.6 Å². The summed E-state index contributed by atoms with van der Waals surface area (Å²) in [5.74, 6) is 0.564. The third-order valence-corrected chi connectivity index (χ3v) is 2.97. The minimum absolute atomic E-state index is 0.0456. The first-order chi connectivity index (χ1) is 8.65. The maximum atomic E-state index is 10.5. The lowest BCUT2D eigenvalue weighted by molar-refractivity contribution is -0.137. The van der Waals surface area contributed by atoms with Crippen molar-refractivity contribution in [3.05, 3.63) is 23.8 Å². The van der Waals surface area contributed by atoms with E-state index < -0.39 is 11.3 Å². The second-order valence-corrected chi connectivity index (χ2v) is 4.85. The van der Waals surface area contributed by atoms with Crippen LogP contribution in [0.5, 0.6) is 11.5 Å². The third kappa shape index (κ3) is 3.53. The Kier molecular flexibility index (Phi) is 4.31. The molecule has 1 heterocycles. The summed E-state index contributed by atoms with van der Waals surface area (Å²) in [6.45, 7) is 1.29. The van der Waals surface area contributed by atoms with Crippen LogP contribution in [0.1, 0.15) is 18.4 Å². The van der Waals surface area contributed by atoms with Gasteiger partial charge in [0.2, 0.25) is 0 Å². The number of benzene rings is 1. The van der Waals surface area contributed by atoms with Crippen molar-refractivity contribution in [2.75, 3.05) is 13.2 Å². The number of ether oxygens (including phenoxy) is 2. The van der Waals surface area contributed by atoms with Gasteiger partial charge in [-0.25, -0.2) is 0 Å². The van der Waals surface area contributed by atoms with Crippen molar-refractivity contribution in [3.8, 4) is 11.5 Å². The molecule has 1 aromatic carbocycles. The van der Waals surface area contributed by atoms with E-state index in [1.165, 1.54) is 0 Å². The van der Waals surface area contributed by atoms with Gasteiger partial charge in [-0.2, -0.15) is 0 Å². The van der Waals surface area contributed by atoms with Gasteiger partial charge in [0, 0.05) is 11.8 Å². The normalized spacial score (nSPS) is 15.8. The Hall–Kier alpha value is -1.42. The highest BCUT2D eigenvalue weighted by molar-refractivity contribution is 6.21. The minimum atomic E-state index is -0.885. The molecule has 1 N–H and O–H groups in total. The van der Waals surface area contributed by atoms with Crippen molar-refractivity contribution in [1.82, 2.24) is 0 Å². The number of carbonyl (C=O) groups is 1. The van der Waals surface area contributed by atoms with Crippen LogP contribution >= 0.6 is 11.6 Å². The van der Waals surface area contributed by atoms with Gasteiger partial charge in [-0.05, 0) is 24.1 Å². The van der Waals surface area contributed by atoms with Gasteiger partial charge in [-0.3, -0.25) is 4.79 Å². The SMILES string of the molecule is O=C(O)CC(Cl)Cc1ccc2c(c1)OCCCO2. The molecular weight excluding hydrogens is 256 g/mol. The molecule has 18 heavy (non-hydrogen) atoms. The van der Waals surface area contributed by atoms with Gasteiger partial charge in [0.1, 0.15) is 0 Å². The van der Waals surface area contributed by atoms with Gasteiger partial charge in [0.05, 0.1) is 19.6 Å². The summed E-state index contributed by atoms with van der Waals surface area (Å²) in [6, 6.07) is 5.61. The number of fused-ring (bicyclic) bond motifs is 1. The number of carboxylic acid groups (broad SMARTS) is 1. The Morgan fingerprint density at radius 1 is 1.33 bits per heavy atom. The average molecular weight is 271 g/mol. The highest BCUT2D eigenvalue weighted by Crippen LogP contribution is 2.31. The maximum absolute atomic E-state index is 10.5. The Labute approximate surface area is 110 Å². The summed E-state index contributed by atoms with van der Waals surface area (Å²) in [5.41, 5.74) is 0.959. The monoisotopic (exact) mass is 270 g/mol. The molecule has 0 saturated carbocycles. The number of rotatable bonds is 4. The van der Waals surface area contributed by atoms with Crippen LogP contribution in [-0.2, 0) is 11.2 Å². The minimum Gasteiger partial charge on any atom is -0.490 e. The summed E-state index contributed by atoms with van der Waals surface area (Å²) in [7, 11) is 0. The van der Waals surface area contributed by atoms with Crippen LogP contribution in [0, 0.1) is 0 Å². The molecule has 0 spiro atoms. The van der Waals surface area contributed by atoms with Crippen molar-refractivity contribution in [1.29, 1.82) is 0 Å². The fourth-order valence-electron chi connectivity index (χ4n) is 1.85. The first-order valence-corrected chi connectivity index (χ1v) is 6.33. The summed E-state index contributed by atoms with van der Waals surface area (Å²) in [5, 5.41) is 8.25. The molecule has 0 aromatic heterocycles. The molecule has 0 amide bonds. The molecule has 0 bridgehead atoms. The van der Waals surface area contributed by atoms with E-state index in [4.69, 9.17) is 26.2 Å². The Balaban J connectivity index is 2.06. The highest BCUT2D eigenvalue weighted by Gasteiger charge is 2.14. The fraction of sp³-hybridized carbons (Fsp3) is 0.462. The molecule has 1 aromatic rings. The molecule has 98 valence electrons. The third-order valence-electron chi connectivity index (χ3n) is 2.67. The Bertz CT molecular complexity index is 433. The van der Waals surface area contributed by atoms with E-state index in [1.54, 1.807) is 0 Å². The van der Waals surface area contributed by atoms with E-state index in [0.717, 1.165) is 17.7 Å². The zero-order chi connectivity index (χ0) is 13.0. The van der Waals surface area contributed by atoms with Gasteiger partial charge in [-0.15, -0.1) is 11.6 Å². The molecular formula is C13H15ClO4. The second-order valence-electron chi connectivity index (χ2n) is 4.23. The number of hydrogen-bond donors (Lipinski definition) is 1. The zero-order valence-electron chi connectivity index (χ0n) is 9.89. The van der Waals surface area contributed by atoms with Crippen LogP contribution in [0.15, 0.2) is 18.2 Å². The highest BCUT2D eigenvalue weighted by atomic mass is 35.5. The molecule has 5 heteroatoms. The Morgan fingerprint density at radius 2 is 2.06 bits per heavy atom. The van der Waals surface area contributed by atoms with Crippen LogP contribution in [0.4, 0.5) is 0 Å². The number of carboxylic acids is 1. The first-order valence-electron chi connectivity index (χ1n) is 5.89. The lowest BCUT2D eigenvalue weighted by Gasteiger charge is -2.11. The van der Waals surface area contributed by atoms with Crippen LogP contribution in [0.25, 0.3) is 0 Å². The molecule has 0 aliphatic carbocycles. The van der Waals surface area contributed by atoms with Crippen molar-refractivity contribution >= 4 is 17.6 Å². The lowest BCUT2D eigenvalue weighted by atomic mass is 10.1.